The van der Waals surface area contributed by atoms with Gasteiger partial charge in [0.15, 0.2) is 0 Å². The van der Waals surface area contributed by atoms with Crippen LogP contribution >= 0.6 is 0 Å². The van der Waals surface area contributed by atoms with Crippen molar-refractivity contribution in [2.45, 2.75) is 19.5 Å². The molecule has 0 amide bonds. The average molecular weight is 296 g/mol. The Balaban J connectivity index is 1.37. The third-order valence-electron chi connectivity index (χ3n) is 3.76. The molecule has 112 valence electrons. The highest BCUT2D eigenvalue weighted by Gasteiger charge is 2.30. The first-order valence-electron chi connectivity index (χ1n) is 7.25. The van der Waals surface area contributed by atoms with Crippen LogP contribution in [-0.2, 0) is 6.54 Å². The highest BCUT2D eigenvalue weighted by Crippen LogP contribution is 2.23. The molecule has 3 aromatic rings. The molecule has 4 rings (SSSR count). The second-order valence-electron chi connectivity index (χ2n) is 5.57. The van der Waals surface area contributed by atoms with Gasteiger partial charge in [-0.3, -0.25) is 14.6 Å². The molecular weight excluding hydrogens is 280 g/mol. The summed E-state index contributed by atoms with van der Waals surface area (Å²) in [5.74, 6) is 1.16. The smallest absolute Gasteiger partial charge is 0.241 e. The molecular formula is C15H16N6O. The fourth-order valence-electron chi connectivity index (χ4n) is 2.58. The summed E-state index contributed by atoms with van der Waals surface area (Å²) in [6.45, 7) is 4.61. The SMILES string of the molecule is Cc1cnn(C2CN(Cc3nc(-c4ccccn4)no3)C2)c1. The normalized spacial score (nSPS) is 15.9. The number of hydrogen-bond donors (Lipinski definition) is 0. The third-order valence-corrected chi connectivity index (χ3v) is 3.76. The summed E-state index contributed by atoms with van der Waals surface area (Å²) in [5.41, 5.74) is 1.92. The zero-order chi connectivity index (χ0) is 14.9. The summed E-state index contributed by atoms with van der Waals surface area (Å²) in [7, 11) is 0. The van der Waals surface area contributed by atoms with Crippen molar-refractivity contribution in [3.05, 3.63) is 48.2 Å². The van der Waals surface area contributed by atoms with Gasteiger partial charge in [-0.25, -0.2) is 0 Å². The maximum absolute atomic E-state index is 5.31. The minimum Gasteiger partial charge on any atom is -0.337 e. The molecule has 0 radical (unpaired) electrons. The van der Waals surface area contributed by atoms with Gasteiger partial charge in [-0.15, -0.1) is 0 Å². The first kappa shape index (κ1) is 13.1. The predicted molar refractivity (Wildman–Crippen MR) is 78.8 cm³/mol. The zero-order valence-corrected chi connectivity index (χ0v) is 12.3. The van der Waals surface area contributed by atoms with Gasteiger partial charge < -0.3 is 4.52 Å². The van der Waals surface area contributed by atoms with Gasteiger partial charge in [-0.2, -0.15) is 10.1 Å². The van der Waals surface area contributed by atoms with Crippen molar-refractivity contribution in [2.75, 3.05) is 13.1 Å². The summed E-state index contributed by atoms with van der Waals surface area (Å²) in [6, 6.07) is 6.08. The van der Waals surface area contributed by atoms with Crippen LogP contribution in [0.2, 0.25) is 0 Å². The number of hydrogen-bond acceptors (Lipinski definition) is 6. The maximum Gasteiger partial charge on any atom is 0.241 e. The van der Waals surface area contributed by atoms with Crippen LogP contribution < -0.4 is 0 Å². The lowest BCUT2D eigenvalue weighted by Crippen LogP contribution is -2.47. The van der Waals surface area contributed by atoms with E-state index in [4.69, 9.17) is 4.52 Å². The quantitative estimate of drug-likeness (QED) is 0.729. The van der Waals surface area contributed by atoms with Crippen molar-refractivity contribution in [1.82, 2.24) is 29.8 Å². The number of aryl methyl sites for hydroxylation is 1. The molecule has 0 unspecified atom stereocenters. The molecule has 7 heteroatoms. The predicted octanol–water partition coefficient (Wildman–Crippen LogP) is 1.69. The van der Waals surface area contributed by atoms with Crippen LogP contribution in [0.5, 0.6) is 0 Å². The first-order chi connectivity index (χ1) is 10.8. The van der Waals surface area contributed by atoms with Crippen LogP contribution in [0.4, 0.5) is 0 Å². The fraction of sp³-hybridized carbons (Fsp3) is 0.333. The monoisotopic (exact) mass is 296 g/mol. The highest BCUT2D eigenvalue weighted by molar-refractivity contribution is 5.46. The molecule has 0 atom stereocenters. The second kappa shape index (κ2) is 5.34. The van der Waals surface area contributed by atoms with Crippen LogP contribution in [0.3, 0.4) is 0 Å². The Hall–Kier alpha value is -2.54. The van der Waals surface area contributed by atoms with Crippen molar-refractivity contribution in [3.8, 4) is 11.5 Å². The number of aromatic nitrogens is 5. The maximum atomic E-state index is 5.31. The van der Waals surface area contributed by atoms with Gasteiger partial charge in [-0.1, -0.05) is 11.2 Å². The Morgan fingerprint density at radius 2 is 2.23 bits per heavy atom. The number of rotatable bonds is 4. The van der Waals surface area contributed by atoms with Crippen molar-refractivity contribution in [2.24, 2.45) is 0 Å². The van der Waals surface area contributed by atoms with E-state index in [2.05, 4.69) is 38.2 Å². The van der Waals surface area contributed by atoms with Crippen LogP contribution in [-0.4, -0.2) is 42.9 Å². The summed E-state index contributed by atoms with van der Waals surface area (Å²) >= 11 is 0. The molecule has 22 heavy (non-hydrogen) atoms. The van der Waals surface area contributed by atoms with Crippen molar-refractivity contribution in [1.29, 1.82) is 0 Å². The van der Waals surface area contributed by atoms with E-state index in [0.29, 0.717) is 24.3 Å². The zero-order valence-electron chi connectivity index (χ0n) is 12.3. The van der Waals surface area contributed by atoms with E-state index in [-0.39, 0.29) is 0 Å². The van der Waals surface area contributed by atoms with E-state index >= 15 is 0 Å². The van der Waals surface area contributed by atoms with Crippen LogP contribution in [0.15, 0.2) is 41.3 Å². The summed E-state index contributed by atoms with van der Waals surface area (Å²) in [6.07, 6.45) is 5.69. The standard InChI is InChI=1S/C15H16N6O/c1-11-6-17-21(7-11)12-8-20(9-12)10-14-18-15(19-22-14)13-4-2-3-5-16-13/h2-7,12H,8-10H2,1H3. The molecule has 1 aliphatic rings. The average Bonchev–Trinajstić information content (AvgIpc) is 3.12. The molecule has 0 spiro atoms. The second-order valence-corrected chi connectivity index (χ2v) is 5.57. The summed E-state index contributed by atoms with van der Waals surface area (Å²) < 4.78 is 7.33. The lowest BCUT2D eigenvalue weighted by atomic mass is 10.1. The number of likely N-dealkylation sites (tertiary alicyclic amines) is 1. The van der Waals surface area contributed by atoms with Gasteiger partial charge in [0.25, 0.3) is 0 Å². The Kier molecular flexibility index (Phi) is 3.19. The van der Waals surface area contributed by atoms with Gasteiger partial charge >= 0.3 is 0 Å². The highest BCUT2D eigenvalue weighted by atomic mass is 16.5. The van der Waals surface area contributed by atoms with Crippen LogP contribution in [0.1, 0.15) is 17.5 Å². The van der Waals surface area contributed by atoms with E-state index in [1.165, 1.54) is 5.56 Å². The molecule has 0 bridgehead atoms. The molecule has 0 N–H and O–H groups in total. The lowest BCUT2D eigenvalue weighted by Gasteiger charge is -2.38. The van der Waals surface area contributed by atoms with Crippen molar-refractivity contribution in [3.63, 3.8) is 0 Å². The van der Waals surface area contributed by atoms with E-state index in [9.17, 15) is 0 Å². The van der Waals surface area contributed by atoms with Crippen molar-refractivity contribution >= 4 is 0 Å². The van der Waals surface area contributed by atoms with E-state index in [0.717, 1.165) is 18.8 Å². The lowest BCUT2D eigenvalue weighted by molar-refractivity contribution is 0.0790. The molecule has 1 aliphatic heterocycles. The van der Waals surface area contributed by atoms with Gasteiger partial charge in [0.05, 0.1) is 18.8 Å². The largest absolute Gasteiger partial charge is 0.337 e. The van der Waals surface area contributed by atoms with E-state index < -0.39 is 0 Å². The van der Waals surface area contributed by atoms with E-state index in [1.807, 2.05) is 29.1 Å². The molecule has 3 aromatic heterocycles. The topological polar surface area (TPSA) is 72.9 Å². The molecule has 1 saturated heterocycles. The molecule has 0 aromatic carbocycles. The van der Waals surface area contributed by atoms with Gasteiger partial charge in [0, 0.05) is 25.5 Å². The fourth-order valence-corrected chi connectivity index (χ4v) is 2.58. The molecule has 7 nitrogen and oxygen atoms in total. The van der Waals surface area contributed by atoms with Gasteiger partial charge in [0.2, 0.25) is 11.7 Å². The van der Waals surface area contributed by atoms with Gasteiger partial charge in [-0.05, 0) is 24.6 Å². The van der Waals surface area contributed by atoms with E-state index in [1.54, 1.807) is 6.20 Å². The Bertz CT molecular complexity index is 759. The van der Waals surface area contributed by atoms with Crippen LogP contribution in [0, 0.1) is 6.92 Å². The summed E-state index contributed by atoms with van der Waals surface area (Å²) in [5, 5.41) is 8.34. The Labute approximate surface area is 127 Å². The minimum atomic E-state index is 0.437. The Morgan fingerprint density at radius 1 is 1.32 bits per heavy atom. The molecule has 4 heterocycles. The molecule has 0 saturated carbocycles. The van der Waals surface area contributed by atoms with Crippen LogP contribution in [0.25, 0.3) is 11.5 Å². The molecule has 0 aliphatic carbocycles. The molecule has 1 fully saturated rings. The number of pyridine rings is 1. The minimum absolute atomic E-state index is 0.437. The third kappa shape index (κ3) is 2.50. The number of nitrogens with zero attached hydrogens (tertiary/aromatic N) is 6. The Morgan fingerprint density at radius 3 is 2.95 bits per heavy atom. The van der Waals surface area contributed by atoms with Gasteiger partial charge in [0.1, 0.15) is 5.69 Å². The first-order valence-corrected chi connectivity index (χ1v) is 7.25. The van der Waals surface area contributed by atoms with Crippen molar-refractivity contribution < 1.29 is 4.52 Å². The summed E-state index contributed by atoms with van der Waals surface area (Å²) in [4.78, 5) is 10.9.